The molecule has 0 radical (unpaired) electrons. The van der Waals surface area contributed by atoms with Crippen LogP contribution in [0.25, 0.3) is 0 Å². The lowest BCUT2D eigenvalue weighted by atomic mass is 10.1. The summed E-state index contributed by atoms with van der Waals surface area (Å²) < 4.78 is 0. The number of thioether (sulfide) groups is 1. The van der Waals surface area contributed by atoms with Crippen LogP contribution in [0.4, 0.5) is 5.69 Å². The molecule has 1 aromatic carbocycles. The molecule has 1 aliphatic heterocycles. The molecule has 1 aliphatic rings. The molecule has 4 heteroatoms. The molecule has 0 amide bonds. The number of hydrogen-bond acceptors (Lipinski definition) is 4. The number of anilines is 1. The van der Waals surface area contributed by atoms with Crippen molar-refractivity contribution in [3.63, 3.8) is 0 Å². The first-order valence-corrected chi connectivity index (χ1v) is 7.25. The third-order valence-corrected chi connectivity index (χ3v) is 3.96. The van der Waals surface area contributed by atoms with Gasteiger partial charge in [0.1, 0.15) is 0 Å². The van der Waals surface area contributed by atoms with Crippen molar-refractivity contribution in [1.29, 1.82) is 0 Å². The average Bonchev–Trinajstić information content (AvgIpc) is 2.91. The van der Waals surface area contributed by atoms with E-state index in [2.05, 4.69) is 34.6 Å². The number of aryl methyl sites for hydroxylation is 1. The van der Waals surface area contributed by atoms with E-state index >= 15 is 0 Å². The highest BCUT2D eigenvalue weighted by Crippen LogP contribution is 2.30. The van der Waals surface area contributed by atoms with Gasteiger partial charge in [0.25, 0.3) is 0 Å². The highest BCUT2D eigenvalue weighted by atomic mass is 32.2. The number of pyridine rings is 1. The molecule has 1 unspecified atom stereocenters. The van der Waals surface area contributed by atoms with Gasteiger partial charge in [0.15, 0.2) is 5.17 Å². The maximum Gasteiger partial charge on any atom is 0.161 e. The Labute approximate surface area is 117 Å². The Morgan fingerprint density at radius 1 is 1.16 bits per heavy atom. The van der Waals surface area contributed by atoms with Gasteiger partial charge in [0.2, 0.25) is 0 Å². The number of hydrogen-bond donors (Lipinski definition) is 1. The van der Waals surface area contributed by atoms with Crippen LogP contribution < -0.4 is 5.32 Å². The van der Waals surface area contributed by atoms with E-state index in [9.17, 15) is 0 Å². The van der Waals surface area contributed by atoms with Crippen LogP contribution in [0.1, 0.15) is 17.3 Å². The van der Waals surface area contributed by atoms with Gasteiger partial charge in [0, 0.05) is 11.4 Å². The molecule has 0 spiro atoms. The summed E-state index contributed by atoms with van der Waals surface area (Å²) >= 11 is 1.76. The fourth-order valence-electron chi connectivity index (χ4n) is 1.95. The quantitative estimate of drug-likeness (QED) is 0.904. The van der Waals surface area contributed by atoms with Crippen LogP contribution in [0.3, 0.4) is 0 Å². The molecule has 0 aliphatic carbocycles. The van der Waals surface area contributed by atoms with Crippen molar-refractivity contribution in [3.05, 3.63) is 59.9 Å². The van der Waals surface area contributed by atoms with Gasteiger partial charge in [0.05, 0.1) is 17.9 Å². The van der Waals surface area contributed by atoms with E-state index in [0.717, 1.165) is 22.3 Å². The molecular weight excluding hydrogens is 254 g/mol. The molecule has 1 aromatic heterocycles. The number of nitrogens with one attached hydrogen (secondary N) is 1. The van der Waals surface area contributed by atoms with Crippen molar-refractivity contribution in [2.24, 2.45) is 4.99 Å². The first-order valence-electron chi connectivity index (χ1n) is 6.26. The van der Waals surface area contributed by atoms with Gasteiger partial charge >= 0.3 is 0 Å². The molecule has 3 rings (SSSR count). The van der Waals surface area contributed by atoms with Gasteiger partial charge in [-0.05, 0) is 24.6 Å². The lowest BCUT2D eigenvalue weighted by molar-refractivity contribution is 0.849. The normalized spacial score (nSPS) is 18.2. The number of rotatable bonds is 2. The van der Waals surface area contributed by atoms with Crippen LogP contribution in [0.2, 0.25) is 0 Å². The van der Waals surface area contributed by atoms with Crippen molar-refractivity contribution in [2.45, 2.75) is 13.0 Å². The average molecular weight is 269 g/mol. The fraction of sp³-hybridized carbons (Fsp3) is 0.200. The van der Waals surface area contributed by atoms with E-state index < -0.39 is 0 Å². The van der Waals surface area contributed by atoms with Gasteiger partial charge in [-0.1, -0.05) is 42.1 Å². The highest BCUT2D eigenvalue weighted by Gasteiger charge is 2.19. The number of aromatic nitrogens is 1. The Hall–Kier alpha value is -1.81. The SMILES string of the molecule is Cc1ccc(NC2=NC(c3ccccc3)CS2)cn1. The molecule has 3 nitrogen and oxygen atoms in total. The predicted octanol–water partition coefficient (Wildman–Crippen LogP) is 3.65. The van der Waals surface area contributed by atoms with E-state index in [-0.39, 0.29) is 6.04 Å². The molecule has 0 bridgehead atoms. The van der Waals surface area contributed by atoms with Crippen LogP contribution in [0, 0.1) is 6.92 Å². The first-order chi connectivity index (χ1) is 9.31. The summed E-state index contributed by atoms with van der Waals surface area (Å²) in [6.45, 7) is 1.98. The minimum Gasteiger partial charge on any atom is -0.334 e. The summed E-state index contributed by atoms with van der Waals surface area (Å²) in [6, 6.07) is 14.7. The molecule has 19 heavy (non-hydrogen) atoms. The molecule has 2 heterocycles. The van der Waals surface area contributed by atoms with Crippen LogP contribution in [0.15, 0.2) is 53.7 Å². The molecular formula is C15H15N3S. The Morgan fingerprint density at radius 2 is 2.00 bits per heavy atom. The van der Waals surface area contributed by atoms with Gasteiger partial charge in [-0.2, -0.15) is 0 Å². The van der Waals surface area contributed by atoms with Gasteiger partial charge in [-0.3, -0.25) is 9.98 Å². The van der Waals surface area contributed by atoms with Crippen LogP contribution in [0.5, 0.6) is 0 Å². The number of nitrogens with zero attached hydrogens (tertiary/aromatic N) is 2. The van der Waals surface area contributed by atoms with Gasteiger partial charge in [-0.25, -0.2) is 0 Å². The van der Waals surface area contributed by atoms with E-state index in [1.807, 2.05) is 31.3 Å². The number of benzene rings is 1. The second kappa shape index (κ2) is 5.45. The summed E-state index contributed by atoms with van der Waals surface area (Å²) in [5.74, 6) is 0.992. The maximum atomic E-state index is 4.72. The number of aliphatic imine (C=N–C) groups is 1. The second-order valence-corrected chi connectivity index (χ2v) is 5.49. The second-order valence-electron chi connectivity index (χ2n) is 4.48. The maximum absolute atomic E-state index is 4.72. The molecule has 0 saturated heterocycles. The predicted molar refractivity (Wildman–Crippen MR) is 81.7 cm³/mol. The number of amidine groups is 1. The Bertz CT molecular complexity index is 578. The van der Waals surface area contributed by atoms with Crippen molar-refractivity contribution >= 4 is 22.6 Å². The van der Waals surface area contributed by atoms with Crippen LogP contribution in [-0.2, 0) is 0 Å². The molecule has 1 N–H and O–H groups in total. The summed E-state index contributed by atoms with van der Waals surface area (Å²) in [5, 5.41) is 4.29. The molecule has 96 valence electrons. The molecule has 1 atom stereocenters. The Morgan fingerprint density at radius 3 is 2.74 bits per heavy atom. The van der Waals surface area contributed by atoms with Crippen molar-refractivity contribution in [3.8, 4) is 0 Å². The van der Waals surface area contributed by atoms with Crippen molar-refractivity contribution < 1.29 is 0 Å². The zero-order valence-corrected chi connectivity index (χ0v) is 11.5. The fourth-order valence-corrected chi connectivity index (χ4v) is 2.93. The topological polar surface area (TPSA) is 37.3 Å². The summed E-state index contributed by atoms with van der Waals surface area (Å²) in [6.07, 6.45) is 1.84. The third kappa shape index (κ3) is 2.96. The van der Waals surface area contributed by atoms with E-state index in [4.69, 9.17) is 4.99 Å². The first kappa shape index (κ1) is 12.2. The standard InChI is InChI=1S/C15H15N3S/c1-11-7-8-13(9-16-11)17-15-18-14(10-19-15)12-5-3-2-4-6-12/h2-9,14H,10H2,1H3,(H,17,18). The highest BCUT2D eigenvalue weighted by molar-refractivity contribution is 8.14. The molecule has 0 saturated carbocycles. The smallest absolute Gasteiger partial charge is 0.161 e. The minimum absolute atomic E-state index is 0.257. The monoisotopic (exact) mass is 269 g/mol. The van der Waals surface area contributed by atoms with E-state index in [0.29, 0.717) is 0 Å². The third-order valence-electron chi connectivity index (χ3n) is 3.00. The van der Waals surface area contributed by atoms with Gasteiger partial charge in [-0.15, -0.1) is 0 Å². The largest absolute Gasteiger partial charge is 0.334 e. The Balaban J connectivity index is 1.72. The summed E-state index contributed by atoms with van der Waals surface area (Å²) in [7, 11) is 0. The lowest BCUT2D eigenvalue weighted by Gasteiger charge is -2.05. The van der Waals surface area contributed by atoms with Crippen LogP contribution in [-0.4, -0.2) is 15.9 Å². The van der Waals surface area contributed by atoms with Crippen molar-refractivity contribution in [1.82, 2.24) is 4.98 Å². The van der Waals surface area contributed by atoms with Gasteiger partial charge < -0.3 is 5.32 Å². The van der Waals surface area contributed by atoms with Crippen LogP contribution >= 0.6 is 11.8 Å². The van der Waals surface area contributed by atoms with E-state index in [1.54, 1.807) is 11.8 Å². The summed E-state index contributed by atoms with van der Waals surface area (Å²) in [4.78, 5) is 8.99. The summed E-state index contributed by atoms with van der Waals surface area (Å²) in [5.41, 5.74) is 3.29. The zero-order valence-electron chi connectivity index (χ0n) is 10.7. The minimum atomic E-state index is 0.257. The Kier molecular flexibility index (Phi) is 3.51. The zero-order chi connectivity index (χ0) is 13.1. The lowest BCUT2D eigenvalue weighted by Crippen LogP contribution is -2.05. The molecule has 0 fully saturated rings. The molecule has 2 aromatic rings. The van der Waals surface area contributed by atoms with Crippen molar-refractivity contribution in [2.75, 3.05) is 11.1 Å². The van der Waals surface area contributed by atoms with E-state index in [1.165, 1.54) is 5.56 Å².